The van der Waals surface area contributed by atoms with Gasteiger partial charge in [-0.05, 0) is 55.2 Å². The van der Waals surface area contributed by atoms with Crippen LogP contribution in [0, 0.1) is 11.8 Å². The zero-order chi connectivity index (χ0) is 20.8. The third kappa shape index (κ3) is 3.55. The fourth-order valence-corrected chi connectivity index (χ4v) is 6.41. The smallest absolute Gasteiger partial charge is 0.223 e. The van der Waals surface area contributed by atoms with Gasteiger partial charge in [-0.2, -0.15) is 0 Å². The number of carbonyl (C=O) groups is 1. The van der Waals surface area contributed by atoms with Crippen LogP contribution in [0.3, 0.4) is 0 Å². The second-order valence-corrected chi connectivity index (χ2v) is 9.67. The number of H-pyrrole nitrogens is 1. The third-order valence-corrected chi connectivity index (χ3v) is 7.67. The van der Waals surface area contributed by atoms with Gasteiger partial charge in [0.1, 0.15) is 5.82 Å². The van der Waals surface area contributed by atoms with Gasteiger partial charge in [0, 0.05) is 31.6 Å². The normalized spacial score (nSPS) is 28.6. The van der Waals surface area contributed by atoms with E-state index in [9.17, 15) is 4.79 Å². The van der Waals surface area contributed by atoms with Gasteiger partial charge in [0.25, 0.3) is 0 Å². The molecule has 31 heavy (non-hydrogen) atoms. The van der Waals surface area contributed by atoms with Crippen molar-refractivity contribution in [1.29, 1.82) is 0 Å². The van der Waals surface area contributed by atoms with Crippen LogP contribution in [0.2, 0.25) is 0 Å². The topological polar surface area (TPSA) is 52.2 Å². The van der Waals surface area contributed by atoms with Gasteiger partial charge in [0.2, 0.25) is 5.91 Å². The number of hydrogen-bond donors (Lipinski definition) is 1. The molecule has 4 atom stereocenters. The largest absolute Gasteiger partial charge is 0.341 e. The maximum Gasteiger partial charge on any atom is 0.223 e. The number of fused-ring (bicyclic) bond motifs is 5. The standard InChI is InChI=1S/C26H30N4O/c31-26-12-6-11-23-19-14-20(24(30(23)26)13-18-7-2-1-3-8-18)16-29(15-19)17-25-27-21-9-4-5-10-22(21)28-25/h1-5,7-10,19-20,23-24H,6,11-17H2,(H,27,28)/t19-,20+,23+,24+/m1/s1. The van der Waals surface area contributed by atoms with Crippen molar-refractivity contribution in [2.75, 3.05) is 13.1 Å². The van der Waals surface area contributed by atoms with Crippen LogP contribution in [-0.4, -0.2) is 50.8 Å². The minimum absolute atomic E-state index is 0.315. The van der Waals surface area contributed by atoms with Crippen LogP contribution in [0.5, 0.6) is 0 Å². The molecule has 1 N–H and O–H groups in total. The monoisotopic (exact) mass is 414 g/mol. The zero-order valence-corrected chi connectivity index (χ0v) is 17.9. The van der Waals surface area contributed by atoms with Crippen molar-refractivity contribution in [3.05, 3.63) is 66.0 Å². The molecule has 4 heterocycles. The summed E-state index contributed by atoms with van der Waals surface area (Å²) in [4.78, 5) is 26.3. The maximum absolute atomic E-state index is 13.0. The van der Waals surface area contributed by atoms with Crippen molar-refractivity contribution in [2.45, 2.75) is 50.7 Å². The number of benzene rings is 2. The summed E-state index contributed by atoms with van der Waals surface area (Å²) in [5.74, 6) is 2.55. The number of aromatic nitrogens is 2. The highest BCUT2D eigenvalue weighted by molar-refractivity contribution is 5.78. The Morgan fingerprint density at radius 2 is 1.81 bits per heavy atom. The van der Waals surface area contributed by atoms with Crippen LogP contribution in [0.1, 0.15) is 37.1 Å². The number of hydrogen-bond acceptors (Lipinski definition) is 3. The highest BCUT2D eigenvalue weighted by Crippen LogP contribution is 2.42. The Morgan fingerprint density at radius 3 is 2.68 bits per heavy atom. The number of para-hydroxylation sites is 2. The number of piperidine rings is 3. The van der Waals surface area contributed by atoms with E-state index in [2.05, 4.69) is 63.3 Å². The van der Waals surface area contributed by atoms with Gasteiger partial charge in [-0.15, -0.1) is 0 Å². The first-order valence-electron chi connectivity index (χ1n) is 11.8. The first-order chi connectivity index (χ1) is 15.2. The number of carbonyl (C=O) groups excluding carboxylic acids is 1. The Labute approximate surface area is 183 Å². The number of likely N-dealkylation sites (tertiary alicyclic amines) is 1. The molecular weight excluding hydrogens is 384 g/mol. The van der Waals surface area contributed by atoms with Gasteiger partial charge in [0.15, 0.2) is 0 Å². The summed E-state index contributed by atoms with van der Waals surface area (Å²) in [5, 5.41) is 0. The van der Waals surface area contributed by atoms with E-state index in [0.29, 0.717) is 29.8 Å². The molecule has 0 aliphatic carbocycles. The van der Waals surface area contributed by atoms with Crippen molar-refractivity contribution in [3.8, 4) is 0 Å². The van der Waals surface area contributed by atoms with E-state index < -0.39 is 0 Å². The summed E-state index contributed by atoms with van der Waals surface area (Å²) in [7, 11) is 0. The van der Waals surface area contributed by atoms with E-state index in [-0.39, 0.29) is 0 Å². The Balaban J connectivity index is 1.27. The van der Waals surface area contributed by atoms with Gasteiger partial charge in [0.05, 0.1) is 17.6 Å². The molecule has 3 saturated heterocycles. The van der Waals surface area contributed by atoms with E-state index >= 15 is 0 Å². The molecule has 6 rings (SSSR count). The molecule has 2 aromatic carbocycles. The summed E-state index contributed by atoms with van der Waals surface area (Å²) >= 11 is 0. The lowest BCUT2D eigenvalue weighted by molar-refractivity contribution is -0.152. The van der Waals surface area contributed by atoms with E-state index in [1.807, 2.05) is 6.07 Å². The predicted octanol–water partition coefficient (Wildman–Crippen LogP) is 4.01. The van der Waals surface area contributed by atoms with Crippen LogP contribution in [0.15, 0.2) is 54.6 Å². The summed E-state index contributed by atoms with van der Waals surface area (Å²) in [5.41, 5.74) is 3.50. The lowest BCUT2D eigenvalue weighted by atomic mass is 9.71. The number of amides is 1. The molecule has 1 amide bonds. The van der Waals surface area contributed by atoms with Crippen LogP contribution < -0.4 is 0 Å². The average molecular weight is 415 g/mol. The minimum Gasteiger partial charge on any atom is -0.341 e. The van der Waals surface area contributed by atoms with Crippen molar-refractivity contribution in [1.82, 2.24) is 19.8 Å². The number of rotatable bonds is 4. The van der Waals surface area contributed by atoms with E-state index in [1.165, 1.54) is 12.0 Å². The summed E-state index contributed by atoms with van der Waals surface area (Å²) in [6.07, 6.45) is 5.15. The number of imidazole rings is 1. The van der Waals surface area contributed by atoms with E-state index in [4.69, 9.17) is 4.98 Å². The molecule has 0 spiro atoms. The molecular formula is C26H30N4O. The Hall–Kier alpha value is -2.66. The first kappa shape index (κ1) is 19.1. The first-order valence-corrected chi connectivity index (χ1v) is 11.8. The molecule has 0 unspecified atom stereocenters. The molecule has 0 saturated carbocycles. The molecule has 160 valence electrons. The average Bonchev–Trinajstić information content (AvgIpc) is 3.20. The van der Waals surface area contributed by atoms with Crippen molar-refractivity contribution in [3.63, 3.8) is 0 Å². The Bertz CT molecular complexity index is 1040. The summed E-state index contributed by atoms with van der Waals surface area (Å²) in [6.45, 7) is 2.97. The fraction of sp³-hybridized carbons (Fsp3) is 0.462. The number of nitrogens with one attached hydrogen (secondary N) is 1. The lowest BCUT2D eigenvalue weighted by Crippen LogP contribution is -2.65. The third-order valence-electron chi connectivity index (χ3n) is 7.67. The van der Waals surface area contributed by atoms with Gasteiger partial charge in [-0.1, -0.05) is 42.5 Å². The fourth-order valence-electron chi connectivity index (χ4n) is 6.41. The second-order valence-electron chi connectivity index (χ2n) is 9.67. The lowest BCUT2D eigenvalue weighted by Gasteiger charge is -2.56. The molecule has 3 aliphatic heterocycles. The van der Waals surface area contributed by atoms with Crippen molar-refractivity contribution >= 4 is 16.9 Å². The van der Waals surface area contributed by atoms with Crippen molar-refractivity contribution < 1.29 is 4.79 Å². The van der Waals surface area contributed by atoms with Gasteiger partial charge in [-0.25, -0.2) is 4.98 Å². The molecule has 3 aliphatic rings. The molecule has 3 aromatic rings. The summed E-state index contributed by atoms with van der Waals surface area (Å²) < 4.78 is 0. The highest BCUT2D eigenvalue weighted by Gasteiger charge is 2.49. The van der Waals surface area contributed by atoms with Gasteiger partial charge < -0.3 is 9.88 Å². The second kappa shape index (κ2) is 7.79. The van der Waals surface area contributed by atoms with Crippen LogP contribution >= 0.6 is 0 Å². The van der Waals surface area contributed by atoms with Crippen molar-refractivity contribution in [2.24, 2.45) is 11.8 Å². The van der Waals surface area contributed by atoms with Crippen LogP contribution in [0.4, 0.5) is 0 Å². The molecule has 0 radical (unpaired) electrons. The predicted molar refractivity (Wildman–Crippen MR) is 121 cm³/mol. The van der Waals surface area contributed by atoms with Gasteiger partial charge in [-0.3, -0.25) is 9.69 Å². The van der Waals surface area contributed by atoms with Gasteiger partial charge >= 0.3 is 0 Å². The molecule has 2 bridgehead atoms. The molecule has 1 aromatic heterocycles. The van der Waals surface area contributed by atoms with E-state index in [0.717, 1.165) is 62.2 Å². The molecule has 3 fully saturated rings. The maximum atomic E-state index is 13.0. The summed E-state index contributed by atoms with van der Waals surface area (Å²) in [6, 6.07) is 19.7. The SMILES string of the molecule is O=C1CCC[C@H]2[C@@H]3C[C@@H](CN(Cc4nc5ccccc5[nH]4)C3)[C@H](Cc3ccccc3)N12. The zero-order valence-electron chi connectivity index (χ0n) is 17.9. The Morgan fingerprint density at radius 1 is 1.00 bits per heavy atom. The van der Waals surface area contributed by atoms with Crippen LogP contribution in [0.25, 0.3) is 11.0 Å². The van der Waals surface area contributed by atoms with Crippen LogP contribution in [-0.2, 0) is 17.8 Å². The molecule has 5 nitrogen and oxygen atoms in total. The quantitative estimate of drug-likeness (QED) is 0.702. The van der Waals surface area contributed by atoms with E-state index in [1.54, 1.807) is 0 Å². The Kier molecular flexibility index (Phi) is 4.79. The number of nitrogens with zero attached hydrogens (tertiary/aromatic N) is 3. The number of aromatic amines is 1. The molecule has 5 heteroatoms. The highest BCUT2D eigenvalue weighted by atomic mass is 16.2. The minimum atomic E-state index is 0.315.